The number of benzene rings is 1. The minimum absolute atomic E-state index is 0.0255. The molecule has 1 aliphatic rings. The molecule has 0 atom stereocenters. The maximum absolute atomic E-state index is 12.7. The van der Waals surface area contributed by atoms with Crippen LogP contribution in [0.1, 0.15) is 33.7 Å². The first kappa shape index (κ1) is 18.7. The normalized spacial score (nSPS) is 13.1. The third-order valence-electron chi connectivity index (χ3n) is 4.80. The summed E-state index contributed by atoms with van der Waals surface area (Å²) in [5.41, 5.74) is 7.96. The summed E-state index contributed by atoms with van der Waals surface area (Å²) in [6, 6.07) is 11.2. The van der Waals surface area contributed by atoms with Crippen LogP contribution in [0.4, 0.5) is 11.5 Å². The molecule has 148 valence electrons. The molecule has 3 aromatic rings. The topological polar surface area (TPSA) is 115 Å². The molecule has 8 heteroatoms. The van der Waals surface area contributed by atoms with Crippen LogP contribution in [0.15, 0.2) is 48.8 Å². The second-order valence-corrected chi connectivity index (χ2v) is 7.22. The van der Waals surface area contributed by atoms with Crippen molar-refractivity contribution in [2.75, 3.05) is 17.2 Å². The van der Waals surface area contributed by atoms with E-state index in [0.717, 1.165) is 29.4 Å². The second kappa shape index (κ2) is 7.75. The predicted octanol–water partition coefficient (Wildman–Crippen LogP) is 2.66. The fourth-order valence-corrected chi connectivity index (χ4v) is 3.07. The lowest BCUT2D eigenvalue weighted by atomic mass is 10.0. The highest BCUT2D eigenvalue weighted by Crippen LogP contribution is 2.29. The minimum atomic E-state index is -0.697. The highest BCUT2D eigenvalue weighted by molar-refractivity contribution is 6.08. The Morgan fingerprint density at radius 2 is 2.00 bits per heavy atom. The van der Waals surface area contributed by atoms with Gasteiger partial charge in [0.2, 0.25) is 0 Å². The maximum atomic E-state index is 12.7. The molecule has 0 spiro atoms. The Labute approximate surface area is 168 Å². The summed E-state index contributed by atoms with van der Waals surface area (Å²) in [4.78, 5) is 28.6. The SMILES string of the molecule is Cn1cc(NC(=O)c2cccc(-c3ccnc(NCC4CC4)c3)c2)c(C(N)=O)n1. The first-order valence-electron chi connectivity index (χ1n) is 9.45. The molecule has 2 heterocycles. The molecule has 1 fully saturated rings. The van der Waals surface area contributed by atoms with Crippen LogP contribution in [0.2, 0.25) is 0 Å². The van der Waals surface area contributed by atoms with Crippen molar-refractivity contribution in [1.29, 1.82) is 0 Å². The van der Waals surface area contributed by atoms with Crippen molar-refractivity contribution in [3.05, 3.63) is 60.0 Å². The molecule has 4 rings (SSSR count). The van der Waals surface area contributed by atoms with E-state index < -0.39 is 5.91 Å². The van der Waals surface area contributed by atoms with Gasteiger partial charge in [0.25, 0.3) is 11.8 Å². The Balaban J connectivity index is 1.53. The van der Waals surface area contributed by atoms with E-state index in [9.17, 15) is 9.59 Å². The third kappa shape index (κ3) is 4.43. The lowest BCUT2D eigenvalue weighted by Gasteiger charge is -2.09. The van der Waals surface area contributed by atoms with Crippen molar-refractivity contribution in [1.82, 2.24) is 14.8 Å². The number of nitrogens with zero attached hydrogens (tertiary/aromatic N) is 3. The molecular weight excluding hydrogens is 368 g/mol. The van der Waals surface area contributed by atoms with Crippen molar-refractivity contribution in [3.63, 3.8) is 0 Å². The van der Waals surface area contributed by atoms with Gasteiger partial charge < -0.3 is 16.4 Å². The Morgan fingerprint density at radius 3 is 2.76 bits per heavy atom. The summed E-state index contributed by atoms with van der Waals surface area (Å²) in [7, 11) is 1.65. The number of amides is 2. The van der Waals surface area contributed by atoms with Gasteiger partial charge in [-0.2, -0.15) is 5.10 Å². The van der Waals surface area contributed by atoms with Crippen molar-refractivity contribution >= 4 is 23.3 Å². The Morgan fingerprint density at radius 1 is 1.21 bits per heavy atom. The summed E-state index contributed by atoms with van der Waals surface area (Å²) in [6.07, 6.45) is 5.85. The number of nitrogens with two attached hydrogens (primary N) is 1. The number of pyridine rings is 1. The lowest BCUT2D eigenvalue weighted by molar-refractivity contribution is 0.0995. The number of carbonyl (C=O) groups excluding carboxylic acids is 2. The monoisotopic (exact) mass is 390 g/mol. The average molecular weight is 390 g/mol. The highest BCUT2D eigenvalue weighted by atomic mass is 16.2. The van der Waals surface area contributed by atoms with Gasteiger partial charge in [-0.25, -0.2) is 4.98 Å². The van der Waals surface area contributed by atoms with Crippen LogP contribution in [-0.4, -0.2) is 33.1 Å². The molecule has 2 aromatic heterocycles. The van der Waals surface area contributed by atoms with Gasteiger partial charge in [0.05, 0.1) is 5.69 Å². The van der Waals surface area contributed by atoms with Gasteiger partial charge in [0.1, 0.15) is 5.82 Å². The van der Waals surface area contributed by atoms with Crippen LogP contribution >= 0.6 is 0 Å². The molecular formula is C21H22N6O2. The fraction of sp³-hybridized carbons (Fsp3) is 0.238. The second-order valence-electron chi connectivity index (χ2n) is 7.22. The lowest BCUT2D eigenvalue weighted by Crippen LogP contribution is -2.17. The molecule has 2 amide bonds. The van der Waals surface area contributed by atoms with Gasteiger partial charge in [0, 0.05) is 31.5 Å². The van der Waals surface area contributed by atoms with Gasteiger partial charge in [0.15, 0.2) is 5.69 Å². The van der Waals surface area contributed by atoms with Crippen LogP contribution in [0.5, 0.6) is 0 Å². The molecule has 0 radical (unpaired) electrons. The van der Waals surface area contributed by atoms with Crippen LogP contribution in [-0.2, 0) is 7.05 Å². The van der Waals surface area contributed by atoms with Gasteiger partial charge in [-0.1, -0.05) is 12.1 Å². The number of aryl methyl sites for hydroxylation is 1. The number of aromatic nitrogens is 3. The molecule has 8 nitrogen and oxygen atoms in total. The van der Waals surface area contributed by atoms with Gasteiger partial charge in [-0.15, -0.1) is 0 Å². The van der Waals surface area contributed by atoms with Crippen LogP contribution in [0, 0.1) is 5.92 Å². The predicted molar refractivity (Wildman–Crippen MR) is 111 cm³/mol. The quantitative estimate of drug-likeness (QED) is 0.574. The third-order valence-corrected chi connectivity index (χ3v) is 4.80. The van der Waals surface area contributed by atoms with E-state index in [4.69, 9.17) is 5.73 Å². The zero-order valence-electron chi connectivity index (χ0n) is 16.1. The van der Waals surface area contributed by atoms with E-state index in [1.165, 1.54) is 17.5 Å². The fourth-order valence-electron chi connectivity index (χ4n) is 3.07. The van der Waals surface area contributed by atoms with E-state index in [1.807, 2.05) is 24.3 Å². The summed E-state index contributed by atoms with van der Waals surface area (Å²) in [5.74, 6) is 0.539. The number of rotatable bonds is 7. The molecule has 4 N–H and O–H groups in total. The Hall–Kier alpha value is -3.68. The molecule has 0 aliphatic heterocycles. The number of hydrogen-bond donors (Lipinski definition) is 3. The average Bonchev–Trinajstić information content (AvgIpc) is 3.48. The zero-order chi connectivity index (χ0) is 20.4. The van der Waals surface area contributed by atoms with Crippen molar-refractivity contribution in [2.45, 2.75) is 12.8 Å². The molecule has 0 saturated heterocycles. The van der Waals surface area contributed by atoms with Crippen molar-refractivity contribution in [3.8, 4) is 11.1 Å². The number of hydrogen-bond acceptors (Lipinski definition) is 5. The molecule has 1 saturated carbocycles. The largest absolute Gasteiger partial charge is 0.370 e. The smallest absolute Gasteiger partial charge is 0.271 e. The van der Waals surface area contributed by atoms with Gasteiger partial charge in [-0.05, 0) is 54.2 Å². The summed E-state index contributed by atoms with van der Waals surface area (Å²) in [5, 5.41) is 10.1. The standard InChI is InChI=1S/C21H22N6O2/c1-27-12-17(19(26-27)20(22)28)25-21(29)16-4-2-3-14(9-16)15-7-8-23-18(10-15)24-11-13-5-6-13/h2-4,7-10,12-13H,5-6,11H2,1H3,(H2,22,28)(H,23,24)(H,25,29). The number of nitrogens with one attached hydrogen (secondary N) is 2. The van der Waals surface area contributed by atoms with Gasteiger partial charge >= 0.3 is 0 Å². The van der Waals surface area contributed by atoms with E-state index >= 15 is 0 Å². The van der Waals surface area contributed by atoms with Crippen LogP contribution in [0.25, 0.3) is 11.1 Å². The van der Waals surface area contributed by atoms with E-state index in [0.29, 0.717) is 5.56 Å². The highest BCUT2D eigenvalue weighted by Gasteiger charge is 2.21. The first-order valence-corrected chi connectivity index (χ1v) is 9.45. The van der Waals surface area contributed by atoms with E-state index in [1.54, 1.807) is 31.6 Å². The number of carbonyl (C=O) groups is 2. The number of anilines is 2. The Kier molecular flexibility index (Phi) is 4.99. The Bertz CT molecular complexity index is 1070. The summed E-state index contributed by atoms with van der Waals surface area (Å²) in [6.45, 7) is 0.937. The molecule has 1 aromatic carbocycles. The van der Waals surface area contributed by atoms with Crippen molar-refractivity contribution < 1.29 is 9.59 Å². The van der Waals surface area contributed by atoms with Crippen LogP contribution < -0.4 is 16.4 Å². The van der Waals surface area contributed by atoms with E-state index in [-0.39, 0.29) is 17.3 Å². The summed E-state index contributed by atoms with van der Waals surface area (Å²) < 4.78 is 1.43. The maximum Gasteiger partial charge on any atom is 0.271 e. The molecule has 1 aliphatic carbocycles. The van der Waals surface area contributed by atoms with Gasteiger partial charge in [-0.3, -0.25) is 14.3 Å². The van der Waals surface area contributed by atoms with Crippen molar-refractivity contribution in [2.24, 2.45) is 18.7 Å². The zero-order valence-corrected chi connectivity index (χ0v) is 16.1. The summed E-state index contributed by atoms with van der Waals surface area (Å²) >= 11 is 0. The minimum Gasteiger partial charge on any atom is -0.370 e. The number of primary amides is 1. The van der Waals surface area contributed by atoms with E-state index in [2.05, 4.69) is 20.7 Å². The molecule has 0 unspecified atom stereocenters. The molecule has 0 bridgehead atoms. The van der Waals surface area contributed by atoms with Crippen LogP contribution in [0.3, 0.4) is 0 Å². The first-order chi connectivity index (χ1) is 14.0. The molecule has 29 heavy (non-hydrogen) atoms.